The van der Waals surface area contributed by atoms with E-state index in [1.54, 1.807) is 30.0 Å². The number of carboxylic acid groups (broad SMARTS) is 1. The van der Waals surface area contributed by atoms with Gasteiger partial charge in [-0.2, -0.15) is 0 Å². The van der Waals surface area contributed by atoms with Crippen molar-refractivity contribution in [2.75, 3.05) is 31.2 Å². The molecule has 0 unspecified atom stereocenters. The summed E-state index contributed by atoms with van der Waals surface area (Å²) in [6.07, 6.45) is 0.528. The van der Waals surface area contributed by atoms with E-state index in [0.717, 1.165) is 33.9 Å². The normalized spacial score (nSPS) is 11.4. The fourth-order valence-electron chi connectivity index (χ4n) is 3.38. The van der Waals surface area contributed by atoms with Gasteiger partial charge in [0.1, 0.15) is 5.75 Å². The average molecular weight is 534 g/mol. The van der Waals surface area contributed by atoms with Crippen molar-refractivity contribution < 1.29 is 23.1 Å². The molecule has 186 valence electrons. The Balaban J connectivity index is 1.37. The number of aliphatic carboxylic acids is 1. The predicted molar refractivity (Wildman–Crippen MR) is 141 cm³/mol. The Morgan fingerprint density at radius 2 is 1.66 bits per heavy atom. The first kappa shape index (κ1) is 27.1. The van der Waals surface area contributed by atoms with Crippen LogP contribution in [0.3, 0.4) is 0 Å². The van der Waals surface area contributed by atoms with E-state index in [4.69, 9.17) is 21.4 Å². The summed E-state index contributed by atoms with van der Waals surface area (Å²) in [7, 11) is -3.34. The SMILES string of the molecule is Cc1cc(SCCNCCCS(=O)(=O)c2ccc(-c3ccc(Cl)cc3)cc2)ccc1OCC(=O)O. The largest absolute Gasteiger partial charge is 0.482 e. The molecule has 0 spiro atoms. The van der Waals surface area contributed by atoms with Crippen molar-refractivity contribution >= 4 is 39.2 Å². The van der Waals surface area contributed by atoms with Gasteiger partial charge >= 0.3 is 5.97 Å². The Labute approximate surface area is 215 Å². The zero-order valence-electron chi connectivity index (χ0n) is 19.4. The summed E-state index contributed by atoms with van der Waals surface area (Å²) in [6.45, 7) is 2.88. The van der Waals surface area contributed by atoms with Gasteiger partial charge in [-0.3, -0.25) is 0 Å². The van der Waals surface area contributed by atoms with E-state index in [0.29, 0.717) is 28.6 Å². The highest BCUT2D eigenvalue weighted by Crippen LogP contribution is 2.26. The van der Waals surface area contributed by atoms with Crippen LogP contribution in [0, 0.1) is 6.92 Å². The van der Waals surface area contributed by atoms with E-state index >= 15 is 0 Å². The van der Waals surface area contributed by atoms with E-state index in [-0.39, 0.29) is 12.4 Å². The molecule has 2 N–H and O–H groups in total. The molecule has 0 radical (unpaired) electrons. The maximum Gasteiger partial charge on any atom is 0.341 e. The van der Waals surface area contributed by atoms with Crippen molar-refractivity contribution in [3.8, 4) is 16.9 Å². The number of carboxylic acids is 1. The number of hydrogen-bond acceptors (Lipinski definition) is 6. The molecule has 0 fully saturated rings. The summed E-state index contributed by atoms with van der Waals surface area (Å²) in [5.41, 5.74) is 2.81. The zero-order valence-corrected chi connectivity index (χ0v) is 21.8. The number of thioether (sulfide) groups is 1. The van der Waals surface area contributed by atoms with Crippen molar-refractivity contribution in [3.63, 3.8) is 0 Å². The van der Waals surface area contributed by atoms with Gasteiger partial charge in [0.2, 0.25) is 0 Å². The second-order valence-corrected chi connectivity index (χ2v) is 11.6. The molecule has 6 nitrogen and oxygen atoms in total. The lowest BCUT2D eigenvalue weighted by atomic mass is 10.1. The van der Waals surface area contributed by atoms with Gasteiger partial charge in [-0.05, 0) is 79.0 Å². The monoisotopic (exact) mass is 533 g/mol. The molecule has 0 saturated heterocycles. The molecule has 0 atom stereocenters. The molecule has 0 bridgehead atoms. The van der Waals surface area contributed by atoms with Crippen LogP contribution in [0.25, 0.3) is 11.1 Å². The fourth-order valence-corrected chi connectivity index (χ4v) is 5.72. The molecule has 3 aromatic carbocycles. The van der Waals surface area contributed by atoms with E-state index in [9.17, 15) is 13.2 Å². The molecule has 35 heavy (non-hydrogen) atoms. The van der Waals surface area contributed by atoms with Crippen LogP contribution < -0.4 is 10.1 Å². The van der Waals surface area contributed by atoms with E-state index < -0.39 is 15.8 Å². The standard InChI is InChI=1S/C26H28ClNO5S2/c1-19-17-23(9-12-25(19)33-18-26(29)30)34-15-14-28-13-2-16-35(31,32)24-10-5-21(6-11-24)20-3-7-22(27)8-4-20/h3-12,17,28H,2,13-16,18H2,1H3,(H,29,30). The summed E-state index contributed by atoms with van der Waals surface area (Å²) >= 11 is 7.59. The number of rotatable bonds is 13. The van der Waals surface area contributed by atoms with Crippen molar-refractivity contribution in [3.05, 3.63) is 77.3 Å². The third kappa shape index (κ3) is 8.58. The molecule has 3 rings (SSSR count). The predicted octanol–water partition coefficient (Wildman–Crippen LogP) is 5.32. The molecule has 0 aliphatic rings. The molecule has 3 aromatic rings. The van der Waals surface area contributed by atoms with Gasteiger partial charge in [0.05, 0.1) is 10.6 Å². The van der Waals surface area contributed by atoms with Gasteiger partial charge in [0.25, 0.3) is 0 Å². The third-order valence-electron chi connectivity index (χ3n) is 5.20. The summed E-state index contributed by atoms with van der Waals surface area (Å²) in [5.74, 6) is 0.475. The first-order valence-corrected chi connectivity index (χ1v) is 14.1. The molecule has 0 amide bonds. The molecule has 0 aliphatic carbocycles. The summed E-state index contributed by atoms with van der Waals surface area (Å²) in [5, 5.41) is 12.7. The van der Waals surface area contributed by atoms with E-state index in [2.05, 4.69) is 5.32 Å². The van der Waals surface area contributed by atoms with Crippen LogP contribution >= 0.6 is 23.4 Å². The molecular weight excluding hydrogens is 506 g/mol. The Bertz CT molecular complexity index is 1230. The Hall–Kier alpha value is -2.52. The van der Waals surface area contributed by atoms with Crippen LogP contribution in [0.15, 0.2) is 76.5 Å². The molecular formula is C26H28ClNO5S2. The number of sulfone groups is 1. The molecule has 0 heterocycles. The minimum atomic E-state index is -3.34. The highest BCUT2D eigenvalue weighted by atomic mass is 35.5. The minimum Gasteiger partial charge on any atom is -0.482 e. The quantitative estimate of drug-likeness (QED) is 0.227. The summed E-state index contributed by atoms with van der Waals surface area (Å²) in [6, 6.07) is 20.0. The molecule has 0 aromatic heterocycles. The first-order valence-electron chi connectivity index (χ1n) is 11.1. The van der Waals surface area contributed by atoms with Gasteiger partial charge in [-0.25, -0.2) is 13.2 Å². The number of carbonyl (C=O) groups is 1. The van der Waals surface area contributed by atoms with Crippen LogP contribution in [-0.2, 0) is 14.6 Å². The molecule has 9 heteroatoms. The topological polar surface area (TPSA) is 92.7 Å². The highest BCUT2D eigenvalue weighted by Gasteiger charge is 2.14. The Morgan fingerprint density at radius 3 is 2.29 bits per heavy atom. The maximum atomic E-state index is 12.6. The fraction of sp³-hybridized carbons (Fsp3) is 0.269. The number of nitrogens with one attached hydrogen (secondary N) is 1. The molecule has 0 saturated carbocycles. The van der Waals surface area contributed by atoms with Crippen molar-refractivity contribution in [2.24, 2.45) is 0 Å². The van der Waals surface area contributed by atoms with Crippen LogP contribution in [0.4, 0.5) is 0 Å². The van der Waals surface area contributed by atoms with Gasteiger partial charge in [0, 0.05) is 22.2 Å². The van der Waals surface area contributed by atoms with Crippen LogP contribution in [0.2, 0.25) is 5.02 Å². The van der Waals surface area contributed by atoms with Gasteiger partial charge in [-0.1, -0.05) is 35.9 Å². The van der Waals surface area contributed by atoms with Gasteiger partial charge in [-0.15, -0.1) is 11.8 Å². The average Bonchev–Trinajstić information content (AvgIpc) is 2.83. The van der Waals surface area contributed by atoms with Gasteiger partial charge in [0.15, 0.2) is 16.4 Å². The van der Waals surface area contributed by atoms with Crippen molar-refractivity contribution in [1.82, 2.24) is 5.32 Å². The number of benzene rings is 3. The lowest BCUT2D eigenvalue weighted by Gasteiger charge is -2.10. The van der Waals surface area contributed by atoms with Crippen molar-refractivity contribution in [2.45, 2.75) is 23.1 Å². The summed E-state index contributed by atoms with van der Waals surface area (Å²) < 4.78 is 30.5. The third-order valence-corrected chi connectivity index (χ3v) is 8.27. The van der Waals surface area contributed by atoms with Crippen LogP contribution in [0.1, 0.15) is 12.0 Å². The Morgan fingerprint density at radius 1 is 1.00 bits per heavy atom. The van der Waals surface area contributed by atoms with E-state index in [1.165, 1.54) is 0 Å². The maximum absolute atomic E-state index is 12.6. The van der Waals surface area contributed by atoms with E-state index in [1.807, 2.05) is 55.5 Å². The first-order chi connectivity index (χ1) is 16.7. The smallest absolute Gasteiger partial charge is 0.341 e. The second kappa shape index (κ2) is 13.0. The number of aryl methyl sites for hydroxylation is 1. The van der Waals surface area contributed by atoms with Crippen LogP contribution in [0.5, 0.6) is 5.75 Å². The zero-order chi connectivity index (χ0) is 25.3. The lowest BCUT2D eigenvalue weighted by molar-refractivity contribution is -0.139. The highest BCUT2D eigenvalue weighted by molar-refractivity contribution is 7.99. The summed E-state index contributed by atoms with van der Waals surface area (Å²) in [4.78, 5) is 12.0. The number of halogens is 1. The van der Waals surface area contributed by atoms with Gasteiger partial charge < -0.3 is 15.2 Å². The minimum absolute atomic E-state index is 0.0877. The molecule has 0 aliphatic heterocycles. The van der Waals surface area contributed by atoms with Crippen LogP contribution in [-0.4, -0.2) is 50.7 Å². The second-order valence-electron chi connectivity index (χ2n) is 7.91. The number of hydrogen-bond donors (Lipinski definition) is 2. The lowest BCUT2D eigenvalue weighted by Crippen LogP contribution is -2.21. The number of ether oxygens (including phenoxy) is 1. The Kier molecular flexibility index (Phi) is 10.0. The van der Waals surface area contributed by atoms with Crippen molar-refractivity contribution in [1.29, 1.82) is 0 Å².